The Labute approximate surface area is 149 Å². The normalized spacial score (nSPS) is 25.2. The molecule has 2 aliphatic rings. The summed E-state index contributed by atoms with van der Waals surface area (Å²) < 4.78 is 6.21. The monoisotopic (exact) mass is 355 g/mol. The number of hydrogen-bond donors (Lipinski definition) is 0. The van der Waals surface area contributed by atoms with Gasteiger partial charge in [0.15, 0.2) is 0 Å². The Morgan fingerprint density at radius 2 is 1.58 bits per heavy atom. The maximum Gasteiger partial charge on any atom is 0.269 e. The summed E-state index contributed by atoms with van der Waals surface area (Å²) in [4.78, 5) is 23.6. The highest BCUT2D eigenvalue weighted by Crippen LogP contribution is 2.48. The minimum absolute atomic E-state index is 0.0101. The van der Waals surface area contributed by atoms with E-state index in [9.17, 15) is 20.2 Å². The number of rotatable bonds is 4. The van der Waals surface area contributed by atoms with Crippen LogP contribution in [0.3, 0.4) is 0 Å². The van der Waals surface area contributed by atoms with E-state index in [1.54, 1.807) is 18.2 Å². The summed E-state index contributed by atoms with van der Waals surface area (Å²) in [6, 6.07) is 12.8. The first-order valence-electron chi connectivity index (χ1n) is 8.44. The third-order valence-electron chi connectivity index (χ3n) is 5.02. The molecule has 2 aromatic rings. The molecule has 2 aliphatic heterocycles. The minimum Gasteiger partial charge on any atom is -0.353 e. The van der Waals surface area contributed by atoms with Crippen LogP contribution in [-0.4, -0.2) is 27.5 Å². The van der Waals surface area contributed by atoms with Crippen molar-refractivity contribution in [2.75, 3.05) is 6.54 Å². The predicted molar refractivity (Wildman–Crippen MR) is 92.5 cm³/mol. The first kappa shape index (κ1) is 16.6. The first-order valence-corrected chi connectivity index (χ1v) is 8.44. The van der Waals surface area contributed by atoms with Crippen molar-refractivity contribution in [2.24, 2.45) is 0 Å². The summed E-state index contributed by atoms with van der Waals surface area (Å²) in [6.07, 6.45) is 1.42. The van der Waals surface area contributed by atoms with Gasteiger partial charge in [0.25, 0.3) is 11.4 Å². The molecule has 3 atom stereocenters. The molecule has 0 spiro atoms. The van der Waals surface area contributed by atoms with Gasteiger partial charge in [-0.25, -0.2) is 0 Å². The number of fused-ring (bicyclic) bond motifs is 1. The molecule has 0 saturated carbocycles. The second-order valence-corrected chi connectivity index (χ2v) is 6.54. The molecule has 1 unspecified atom stereocenters. The smallest absolute Gasteiger partial charge is 0.269 e. The van der Waals surface area contributed by atoms with Gasteiger partial charge in [-0.1, -0.05) is 24.3 Å². The quantitative estimate of drug-likeness (QED) is 0.612. The average Bonchev–Trinajstić information content (AvgIpc) is 3.22. The van der Waals surface area contributed by atoms with E-state index in [1.165, 1.54) is 18.2 Å². The van der Waals surface area contributed by atoms with Gasteiger partial charge in [-0.05, 0) is 24.0 Å². The molecule has 0 aromatic heterocycles. The van der Waals surface area contributed by atoms with Crippen molar-refractivity contribution >= 4 is 11.4 Å². The lowest BCUT2D eigenvalue weighted by Crippen LogP contribution is -2.26. The van der Waals surface area contributed by atoms with Crippen LogP contribution >= 0.6 is 0 Å². The van der Waals surface area contributed by atoms with Crippen molar-refractivity contribution in [2.45, 2.75) is 31.2 Å². The molecule has 2 aromatic carbocycles. The van der Waals surface area contributed by atoms with E-state index in [0.717, 1.165) is 24.9 Å². The second-order valence-electron chi connectivity index (χ2n) is 6.54. The predicted octanol–water partition coefficient (Wildman–Crippen LogP) is 3.74. The van der Waals surface area contributed by atoms with E-state index >= 15 is 0 Å². The van der Waals surface area contributed by atoms with Gasteiger partial charge in [0.05, 0.1) is 15.9 Å². The fourth-order valence-corrected chi connectivity index (χ4v) is 3.91. The van der Waals surface area contributed by atoms with Gasteiger partial charge in [0, 0.05) is 30.8 Å². The summed E-state index contributed by atoms with van der Waals surface area (Å²) in [6.45, 7) is 0.837. The van der Waals surface area contributed by atoms with Crippen molar-refractivity contribution in [3.63, 3.8) is 0 Å². The molecule has 0 radical (unpaired) electrons. The van der Waals surface area contributed by atoms with Crippen molar-refractivity contribution in [3.8, 4) is 0 Å². The van der Waals surface area contributed by atoms with Crippen LogP contribution < -0.4 is 0 Å². The molecule has 2 fully saturated rings. The van der Waals surface area contributed by atoms with Gasteiger partial charge in [-0.15, -0.1) is 0 Å². The van der Waals surface area contributed by atoms with Crippen molar-refractivity contribution in [1.82, 2.24) is 4.90 Å². The van der Waals surface area contributed by atoms with E-state index in [1.807, 2.05) is 12.1 Å². The molecule has 134 valence electrons. The van der Waals surface area contributed by atoms with Crippen LogP contribution in [0.15, 0.2) is 48.5 Å². The fraction of sp³-hybridized carbons (Fsp3) is 0.333. The average molecular weight is 355 g/mol. The molecule has 4 rings (SSSR count). The van der Waals surface area contributed by atoms with E-state index < -0.39 is 16.0 Å². The zero-order valence-electron chi connectivity index (χ0n) is 13.9. The van der Waals surface area contributed by atoms with E-state index in [2.05, 4.69) is 4.90 Å². The molecule has 0 N–H and O–H groups in total. The molecule has 8 nitrogen and oxygen atoms in total. The molecule has 2 saturated heterocycles. The summed E-state index contributed by atoms with van der Waals surface area (Å²) in [5.41, 5.74) is 1.55. The fourth-order valence-electron chi connectivity index (χ4n) is 3.91. The highest BCUT2D eigenvalue weighted by Gasteiger charge is 2.46. The molecule has 8 heteroatoms. The molecule has 26 heavy (non-hydrogen) atoms. The summed E-state index contributed by atoms with van der Waals surface area (Å²) >= 11 is 0. The Morgan fingerprint density at radius 3 is 2.23 bits per heavy atom. The second kappa shape index (κ2) is 6.47. The highest BCUT2D eigenvalue weighted by molar-refractivity contribution is 5.40. The first-order chi connectivity index (χ1) is 12.5. The number of nitrogens with zero attached hydrogens (tertiary/aromatic N) is 3. The van der Waals surface area contributed by atoms with Gasteiger partial charge in [0.2, 0.25) is 0 Å². The maximum atomic E-state index is 11.2. The van der Waals surface area contributed by atoms with Crippen LogP contribution in [0.2, 0.25) is 0 Å². The van der Waals surface area contributed by atoms with Gasteiger partial charge in [0.1, 0.15) is 12.3 Å². The van der Waals surface area contributed by atoms with E-state index in [0.29, 0.717) is 5.56 Å². The molecular weight excluding hydrogens is 338 g/mol. The van der Waals surface area contributed by atoms with Crippen LogP contribution in [0.5, 0.6) is 0 Å². The molecular formula is C18H17N3O5. The zero-order valence-corrected chi connectivity index (χ0v) is 13.9. The number of non-ortho nitro benzene ring substituents is 2. The maximum absolute atomic E-state index is 11.2. The Hall–Kier alpha value is -2.84. The third kappa shape index (κ3) is 2.83. The van der Waals surface area contributed by atoms with Gasteiger partial charge < -0.3 is 4.74 Å². The van der Waals surface area contributed by atoms with Crippen LogP contribution in [0, 0.1) is 20.2 Å². The van der Waals surface area contributed by atoms with E-state index in [4.69, 9.17) is 4.74 Å². The van der Waals surface area contributed by atoms with Crippen LogP contribution in [0.1, 0.15) is 36.1 Å². The summed E-state index contributed by atoms with van der Waals surface area (Å²) in [7, 11) is 0. The molecule has 2 heterocycles. The Kier molecular flexibility index (Phi) is 4.14. The van der Waals surface area contributed by atoms with Crippen molar-refractivity contribution in [1.29, 1.82) is 0 Å². The Morgan fingerprint density at radius 1 is 0.962 bits per heavy atom. The standard InChI is InChI=1S/C18H17N3O5/c22-20(23)14-6-1-4-12(10-14)17-18(26-16-8-3-9-19(16)17)13-5-2-7-15(11-13)21(24)25/h1-2,4-7,10-11,16-18H,3,8-9H2/t16?,17-,18-/m1/s1. The number of ether oxygens (including phenoxy) is 1. The SMILES string of the molecule is O=[N+]([O-])c1cccc([C@H]2OC3CCCN3[C@@H]2c2cccc([N+](=O)[O-])c2)c1. The van der Waals surface area contributed by atoms with Gasteiger partial charge in [-0.2, -0.15) is 0 Å². The summed E-state index contributed by atoms with van der Waals surface area (Å²) in [5.74, 6) is 0. The molecule has 0 bridgehead atoms. The number of hydrogen-bond acceptors (Lipinski definition) is 6. The van der Waals surface area contributed by atoms with Crippen LogP contribution in [0.4, 0.5) is 11.4 Å². The topological polar surface area (TPSA) is 98.8 Å². The molecule has 0 amide bonds. The molecule has 0 aliphatic carbocycles. The van der Waals surface area contributed by atoms with Gasteiger partial charge >= 0.3 is 0 Å². The lowest BCUT2D eigenvalue weighted by Gasteiger charge is -2.25. The van der Waals surface area contributed by atoms with Crippen molar-refractivity contribution in [3.05, 3.63) is 79.9 Å². The number of nitro benzene ring substituents is 2. The van der Waals surface area contributed by atoms with E-state index in [-0.39, 0.29) is 23.6 Å². The Bertz CT molecular complexity index is 871. The van der Waals surface area contributed by atoms with Crippen molar-refractivity contribution < 1.29 is 14.6 Å². The van der Waals surface area contributed by atoms with Crippen LogP contribution in [0.25, 0.3) is 0 Å². The number of benzene rings is 2. The largest absolute Gasteiger partial charge is 0.353 e. The zero-order chi connectivity index (χ0) is 18.3. The van der Waals surface area contributed by atoms with Crippen LogP contribution in [-0.2, 0) is 4.74 Å². The highest BCUT2D eigenvalue weighted by atomic mass is 16.6. The third-order valence-corrected chi connectivity index (χ3v) is 5.02. The Balaban J connectivity index is 1.76. The summed E-state index contributed by atoms with van der Waals surface area (Å²) in [5, 5.41) is 22.3. The lowest BCUT2D eigenvalue weighted by molar-refractivity contribution is -0.385. The number of nitro groups is 2. The lowest BCUT2D eigenvalue weighted by atomic mass is 9.95. The minimum atomic E-state index is -0.429. The van der Waals surface area contributed by atoms with Gasteiger partial charge in [-0.3, -0.25) is 25.1 Å².